The van der Waals surface area contributed by atoms with Crippen LogP contribution in [0.3, 0.4) is 0 Å². The Morgan fingerprint density at radius 1 is 0.298 bits per heavy atom. The molecule has 0 aliphatic heterocycles. The van der Waals surface area contributed by atoms with E-state index >= 15 is 0 Å². The average molecular weight is 604 g/mol. The Morgan fingerprint density at radius 2 is 0.702 bits per heavy atom. The predicted octanol–water partition coefficient (Wildman–Crippen LogP) is 12.8. The first-order valence-corrected chi connectivity index (χ1v) is 15.8. The third-order valence-corrected chi connectivity index (χ3v) is 8.88. The number of rotatable bonds is 6. The van der Waals surface area contributed by atoms with Gasteiger partial charge in [0.05, 0.1) is 0 Å². The summed E-state index contributed by atoms with van der Waals surface area (Å²) >= 11 is 0. The standard InChI is InChI=1S/C44H29NO2/c1-2-8-34-27-35(14-13-30(34)7-1)31-15-21-38(22-16-31)45(39-23-17-32(18-24-39)43-28-36-9-3-5-11-41(36)46-43)40-25-19-33(20-26-40)44-29-37-10-4-6-12-42(37)47-44/h1-29H. The van der Waals surface area contributed by atoms with Gasteiger partial charge in [-0.1, -0.05) is 84.9 Å². The molecule has 0 radical (unpaired) electrons. The molecule has 0 aliphatic carbocycles. The molecule has 9 rings (SSSR count). The lowest BCUT2D eigenvalue weighted by molar-refractivity contribution is 0.631. The fraction of sp³-hybridized carbons (Fsp3) is 0. The minimum atomic E-state index is 0.860. The minimum Gasteiger partial charge on any atom is -0.456 e. The van der Waals surface area contributed by atoms with Crippen molar-refractivity contribution in [2.45, 2.75) is 0 Å². The van der Waals surface area contributed by atoms with Crippen LogP contribution in [0.15, 0.2) is 185 Å². The molecule has 0 aliphatic rings. The van der Waals surface area contributed by atoms with E-state index in [0.717, 1.165) is 61.6 Å². The first-order chi connectivity index (χ1) is 23.2. The number of hydrogen-bond acceptors (Lipinski definition) is 3. The van der Waals surface area contributed by atoms with Crippen molar-refractivity contribution in [2.24, 2.45) is 0 Å². The summed E-state index contributed by atoms with van der Waals surface area (Å²) < 4.78 is 12.3. The van der Waals surface area contributed by atoms with Gasteiger partial charge in [-0.05, 0) is 113 Å². The first kappa shape index (κ1) is 27.0. The quantitative estimate of drug-likeness (QED) is 0.189. The molecule has 0 fully saturated rings. The molecule has 3 nitrogen and oxygen atoms in total. The summed E-state index contributed by atoms with van der Waals surface area (Å²) in [7, 11) is 0. The molecule has 2 aromatic heterocycles. The number of para-hydroxylation sites is 2. The zero-order valence-corrected chi connectivity index (χ0v) is 25.5. The van der Waals surface area contributed by atoms with Gasteiger partial charge in [-0.3, -0.25) is 0 Å². The number of nitrogens with zero attached hydrogens (tertiary/aromatic N) is 1. The summed E-state index contributed by atoms with van der Waals surface area (Å²) in [6.07, 6.45) is 0. The van der Waals surface area contributed by atoms with Gasteiger partial charge in [0.1, 0.15) is 22.7 Å². The van der Waals surface area contributed by atoms with Crippen LogP contribution in [0.1, 0.15) is 0 Å². The van der Waals surface area contributed by atoms with Gasteiger partial charge in [-0.2, -0.15) is 0 Å². The van der Waals surface area contributed by atoms with Gasteiger partial charge in [0.15, 0.2) is 0 Å². The molecular weight excluding hydrogens is 574 g/mol. The Bertz CT molecular complexity index is 2320. The van der Waals surface area contributed by atoms with Crippen LogP contribution in [0.2, 0.25) is 0 Å². The summed E-state index contributed by atoms with van der Waals surface area (Å²) in [5, 5.41) is 4.69. The van der Waals surface area contributed by atoms with Gasteiger partial charge in [0.2, 0.25) is 0 Å². The van der Waals surface area contributed by atoms with E-state index in [9.17, 15) is 0 Å². The highest BCUT2D eigenvalue weighted by atomic mass is 16.3. The van der Waals surface area contributed by atoms with Crippen LogP contribution in [0.25, 0.3) is 66.5 Å². The van der Waals surface area contributed by atoms with Crippen molar-refractivity contribution in [3.05, 3.63) is 176 Å². The molecular formula is C44H29NO2. The van der Waals surface area contributed by atoms with Gasteiger partial charge in [0, 0.05) is 39.0 Å². The van der Waals surface area contributed by atoms with Crippen LogP contribution < -0.4 is 4.90 Å². The maximum atomic E-state index is 6.16. The number of furan rings is 2. The Morgan fingerprint density at radius 3 is 1.19 bits per heavy atom. The van der Waals surface area contributed by atoms with E-state index in [1.54, 1.807) is 0 Å². The highest BCUT2D eigenvalue weighted by Crippen LogP contribution is 2.39. The molecule has 0 atom stereocenters. The third kappa shape index (κ3) is 5.04. The molecule has 9 aromatic rings. The minimum absolute atomic E-state index is 0.860. The van der Waals surface area contributed by atoms with Gasteiger partial charge >= 0.3 is 0 Å². The number of anilines is 3. The van der Waals surface area contributed by atoms with E-state index in [-0.39, 0.29) is 0 Å². The SMILES string of the molecule is c1ccc2cc(-c3ccc(N(c4ccc(-c5cc6ccccc6o5)cc4)c4ccc(-c5cc6ccccc6o5)cc4)cc3)ccc2c1. The van der Waals surface area contributed by atoms with Crippen LogP contribution in [0.5, 0.6) is 0 Å². The molecule has 0 amide bonds. The molecule has 0 saturated carbocycles. The fourth-order valence-electron chi connectivity index (χ4n) is 6.42. The van der Waals surface area contributed by atoms with Crippen molar-refractivity contribution < 1.29 is 8.83 Å². The maximum Gasteiger partial charge on any atom is 0.135 e. The Balaban J connectivity index is 1.09. The normalized spacial score (nSPS) is 11.4. The van der Waals surface area contributed by atoms with Crippen LogP contribution in [-0.2, 0) is 0 Å². The lowest BCUT2D eigenvalue weighted by Crippen LogP contribution is -2.09. The van der Waals surface area contributed by atoms with E-state index in [1.807, 2.05) is 36.4 Å². The largest absolute Gasteiger partial charge is 0.456 e. The highest BCUT2D eigenvalue weighted by molar-refractivity contribution is 5.89. The Kier molecular flexibility index (Phi) is 6.46. The zero-order valence-electron chi connectivity index (χ0n) is 25.5. The molecule has 0 spiro atoms. The van der Waals surface area contributed by atoms with Crippen LogP contribution in [0.4, 0.5) is 17.1 Å². The summed E-state index contributed by atoms with van der Waals surface area (Å²) in [6, 6.07) is 61.6. The van der Waals surface area contributed by atoms with Gasteiger partial charge in [-0.25, -0.2) is 0 Å². The Labute approximate surface area is 272 Å². The highest BCUT2D eigenvalue weighted by Gasteiger charge is 2.15. The molecule has 47 heavy (non-hydrogen) atoms. The summed E-state index contributed by atoms with van der Waals surface area (Å²) in [6.45, 7) is 0. The van der Waals surface area contributed by atoms with E-state index in [0.29, 0.717) is 0 Å². The van der Waals surface area contributed by atoms with Crippen molar-refractivity contribution in [3.63, 3.8) is 0 Å². The van der Waals surface area contributed by atoms with Crippen LogP contribution in [0, 0.1) is 0 Å². The molecule has 0 unspecified atom stereocenters. The monoisotopic (exact) mass is 603 g/mol. The topological polar surface area (TPSA) is 29.5 Å². The maximum absolute atomic E-state index is 6.16. The second kappa shape index (κ2) is 11.2. The molecule has 2 heterocycles. The molecule has 222 valence electrons. The van der Waals surface area contributed by atoms with Crippen molar-refractivity contribution in [2.75, 3.05) is 4.90 Å². The number of benzene rings is 7. The van der Waals surface area contributed by atoms with E-state index in [1.165, 1.54) is 21.9 Å². The lowest BCUT2D eigenvalue weighted by atomic mass is 10.0. The van der Waals surface area contributed by atoms with Crippen LogP contribution in [-0.4, -0.2) is 0 Å². The average Bonchev–Trinajstić information content (AvgIpc) is 3.78. The second-order valence-corrected chi connectivity index (χ2v) is 11.8. The molecule has 3 heteroatoms. The summed E-state index contributed by atoms with van der Waals surface area (Å²) in [4.78, 5) is 2.29. The Hall–Kier alpha value is -6.32. The summed E-state index contributed by atoms with van der Waals surface area (Å²) in [5.74, 6) is 1.72. The van der Waals surface area contributed by atoms with Crippen molar-refractivity contribution >= 4 is 49.8 Å². The smallest absolute Gasteiger partial charge is 0.135 e. The number of fused-ring (bicyclic) bond motifs is 3. The molecule has 0 bridgehead atoms. The predicted molar refractivity (Wildman–Crippen MR) is 194 cm³/mol. The molecule has 0 N–H and O–H groups in total. The molecule has 0 saturated heterocycles. The molecule has 7 aromatic carbocycles. The zero-order chi connectivity index (χ0) is 31.2. The van der Waals surface area contributed by atoms with Crippen molar-refractivity contribution in [1.82, 2.24) is 0 Å². The third-order valence-electron chi connectivity index (χ3n) is 8.88. The van der Waals surface area contributed by atoms with Crippen molar-refractivity contribution in [1.29, 1.82) is 0 Å². The van der Waals surface area contributed by atoms with Crippen molar-refractivity contribution in [3.8, 4) is 33.8 Å². The van der Waals surface area contributed by atoms with E-state index in [4.69, 9.17) is 8.83 Å². The second-order valence-electron chi connectivity index (χ2n) is 11.8. The van der Waals surface area contributed by atoms with Gasteiger partial charge < -0.3 is 13.7 Å². The van der Waals surface area contributed by atoms with Crippen LogP contribution >= 0.6 is 0 Å². The lowest BCUT2D eigenvalue weighted by Gasteiger charge is -2.26. The fourth-order valence-corrected chi connectivity index (χ4v) is 6.42. The summed E-state index contributed by atoms with van der Waals surface area (Å²) in [5.41, 5.74) is 9.43. The first-order valence-electron chi connectivity index (χ1n) is 15.8. The van der Waals surface area contributed by atoms with E-state index in [2.05, 4.69) is 144 Å². The van der Waals surface area contributed by atoms with Gasteiger partial charge in [0.25, 0.3) is 0 Å². The van der Waals surface area contributed by atoms with E-state index < -0.39 is 0 Å². The number of hydrogen-bond donors (Lipinski definition) is 0. The van der Waals surface area contributed by atoms with Gasteiger partial charge in [-0.15, -0.1) is 0 Å².